The van der Waals surface area contributed by atoms with Crippen molar-refractivity contribution in [1.82, 2.24) is 0 Å². The molecule has 0 N–H and O–H groups in total. The van der Waals surface area contributed by atoms with Gasteiger partial charge in [-0.25, -0.2) is 23.3 Å². The maximum atomic E-state index is 3.12. The van der Waals surface area contributed by atoms with Gasteiger partial charge in [0.2, 0.25) is 0 Å². The molecule has 0 atom stereocenters. The topological polar surface area (TPSA) is 0 Å². The first-order valence-electron chi connectivity index (χ1n) is 4.27. The second-order valence-electron chi connectivity index (χ2n) is 2.93. The Labute approximate surface area is 91.0 Å². The summed E-state index contributed by atoms with van der Waals surface area (Å²) in [5, 5.41) is 0. The van der Waals surface area contributed by atoms with E-state index in [0.29, 0.717) is 0 Å². The van der Waals surface area contributed by atoms with Gasteiger partial charge in [-0.1, -0.05) is 13.8 Å². The van der Waals surface area contributed by atoms with E-state index in [2.05, 4.69) is 50.3 Å². The van der Waals surface area contributed by atoms with Gasteiger partial charge in [-0.2, -0.15) is 12.2 Å². The Morgan fingerprint density at radius 1 is 0.923 bits per heavy atom. The van der Waals surface area contributed by atoms with Crippen molar-refractivity contribution >= 4 is 0 Å². The molecule has 0 aromatic carbocycles. The third kappa shape index (κ3) is 5.66. The van der Waals surface area contributed by atoms with Crippen LogP contribution in [0.3, 0.4) is 0 Å². The van der Waals surface area contributed by atoms with Crippen molar-refractivity contribution in [2.75, 3.05) is 0 Å². The minimum Gasteiger partial charge on any atom is -0.270 e. The quantitative estimate of drug-likeness (QED) is 0.430. The van der Waals surface area contributed by atoms with Crippen molar-refractivity contribution in [3.8, 4) is 0 Å². The van der Waals surface area contributed by atoms with Gasteiger partial charge in [0.25, 0.3) is 0 Å². The molecule has 1 heteroatoms. The Bertz CT molecular complexity index is 221. The Kier molecular flexibility index (Phi) is 6.62. The molecular weight excluding hydrogens is 203 g/mol. The molecule has 0 heterocycles. The molecule has 0 fully saturated rings. The first-order chi connectivity index (χ1) is 5.79. The minimum absolute atomic E-state index is 0. The fourth-order valence-electron chi connectivity index (χ4n) is 1.03. The molecule has 0 bridgehead atoms. The summed E-state index contributed by atoms with van der Waals surface area (Å²) in [5.41, 5.74) is 2.55. The van der Waals surface area contributed by atoms with E-state index < -0.39 is 0 Å². The summed E-state index contributed by atoms with van der Waals surface area (Å²) in [6.45, 7) is 4.12. The van der Waals surface area contributed by atoms with Crippen LogP contribution in [0.1, 0.15) is 26.7 Å². The zero-order valence-corrected chi connectivity index (χ0v) is 9.03. The van der Waals surface area contributed by atoms with Crippen molar-refractivity contribution in [3.63, 3.8) is 0 Å². The average Bonchev–Trinajstić information content (AvgIpc) is 2.63. The first-order valence-corrected chi connectivity index (χ1v) is 4.27. The van der Waals surface area contributed by atoms with E-state index in [4.69, 9.17) is 0 Å². The van der Waals surface area contributed by atoms with Crippen LogP contribution in [-0.2, 0) is 16.5 Å². The number of hydrogen-bond acceptors (Lipinski definition) is 0. The van der Waals surface area contributed by atoms with E-state index in [9.17, 15) is 0 Å². The summed E-state index contributed by atoms with van der Waals surface area (Å²) >= 11 is 0. The van der Waals surface area contributed by atoms with Gasteiger partial charge >= 0.3 is 16.5 Å². The van der Waals surface area contributed by atoms with E-state index in [1.165, 1.54) is 11.1 Å². The van der Waals surface area contributed by atoms with Crippen LogP contribution in [0.25, 0.3) is 0 Å². The standard InChI is InChI=1S/2C6H7.Ni/c2*1-6-4-2-3-5-6;/h2*2,4H,3H2,1H3;/q2*-1;+2. The summed E-state index contributed by atoms with van der Waals surface area (Å²) in [4.78, 5) is 0. The zero-order chi connectivity index (χ0) is 8.81. The van der Waals surface area contributed by atoms with Gasteiger partial charge in [0.1, 0.15) is 0 Å². The van der Waals surface area contributed by atoms with E-state index in [1.54, 1.807) is 0 Å². The third-order valence-electron chi connectivity index (χ3n) is 1.73. The van der Waals surface area contributed by atoms with E-state index in [-0.39, 0.29) is 16.5 Å². The van der Waals surface area contributed by atoms with Crippen LogP contribution in [0.4, 0.5) is 0 Å². The Morgan fingerprint density at radius 3 is 1.38 bits per heavy atom. The Balaban J connectivity index is 0.000000206. The fraction of sp³-hybridized carbons (Fsp3) is 0.333. The summed E-state index contributed by atoms with van der Waals surface area (Å²) in [5.74, 6) is 0. The predicted molar refractivity (Wildman–Crippen MR) is 52.4 cm³/mol. The third-order valence-corrected chi connectivity index (χ3v) is 1.73. The molecule has 13 heavy (non-hydrogen) atoms. The summed E-state index contributed by atoms with van der Waals surface area (Å²) in [7, 11) is 0. The van der Waals surface area contributed by atoms with Crippen molar-refractivity contribution < 1.29 is 16.5 Å². The normalized spacial score (nSPS) is 17.1. The molecule has 0 aromatic heterocycles. The molecule has 0 aromatic rings. The van der Waals surface area contributed by atoms with Gasteiger partial charge in [-0.3, -0.25) is 12.2 Å². The van der Waals surface area contributed by atoms with Crippen LogP contribution in [0.15, 0.2) is 35.5 Å². The number of hydrogen-bond donors (Lipinski definition) is 0. The van der Waals surface area contributed by atoms with Crippen molar-refractivity contribution in [3.05, 3.63) is 47.6 Å². The Hall–Kier alpha value is -0.546. The predicted octanol–water partition coefficient (Wildman–Crippen LogP) is 3.39. The van der Waals surface area contributed by atoms with E-state index in [1.807, 2.05) is 0 Å². The molecule has 0 saturated heterocycles. The second-order valence-corrected chi connectivity index (χ2v) is 2.93. The molecule has 0 amide bonds. The molecular formula is C12H14Ni. The smallest absolute Gasteiger partial charge is 0.270 e. The van der Waals surface area contributed by atoms with Gasteiger partial charge in [-0.15, -0.1) is 12.8 Å². The average molecular weight is 217 g/mol. The number of allylic oxidation sites excluding steroid dienone is 8. The fourth-order valence-corrected chi connectivity index (χ4v) is 1.03. The van der Waals surface area contributed by atoms with Gasteiger partial charge < -0.3 is 0 Å². The molecule has 0 saturated carbocycles. The molecule has 2 aliphatic carbocycles. The van der Waals surface area contributed by atoms with Crippen LogP contribution < -0.4 is 0 Å². The van der Waals surface area contributed by atoms with Crippen LogP contribution >= 0.6 is 0 Å². The maximum absolute atomic E-state index is 3.12. The second kappa shape index (κ2) is 6.91. The van der Waals surface area contributed by atoms with Crippen LogP contribution in [0.2, 0.25) is 0 Å². The van der Waals surface area contributed by atoms with Gasteiger partial charge in [-0.05, 0) is 0 Å². The maximum Gasteiger partial charge on any atom is 2.00 e. The Morgan fingerprint density at radius 2 is 1.31 bits per heavy atom. The molecule has 2 aliphatic rings. The van der Waals surface area contributed by atoms with Crippen molar-refractivity contribution in [2.24, 2.45) is 0 Å². The van der Waals surface area contributed by atoms with Crippen molar-refractivity contribution in [2.45, 2.75) is 26.7 Å². The molecule has 0 unspecified atom stereocenters. The van der Waals surface area contributed by atoms with Crippen LogP contribution in [0, 0.1) is 12.2 Å². The van der Waals surface area contributed by atoms with Gasteiger partial charge in [0.05, 0.1) is 0 Å². The molecule has 72 valence electrons. The molecule has 0 aliphatic heterocycles. The summed E-state index contributed by atoms with van der Waals surface area (Å²) in [6.07, 6.45) is 16.7. The van der Waals surface area contributed by atoms with E-state index >= 15 is 0 Å². The zero-order valence-electron chi connectivity index (χ0n) is 8.04. The van der Waals surface area contributed by atoms with Gasteiger partial charge in [0, 0.05) is 0 Å². The minimum atomic E-state index is 0. The first kappa shape index (κ1) is 12.5. The molecule has 0 nitrogen and oxygen atoms in total. The van der Waals surface area contributed by atoms with Gasteiger partial charge in [0.15, 0.2) is 0 Å². The van der Waals surface area contributed by atoms with Crippen LogP contribution in [-0.4, -0.2) is 0 Å². The number of rotatable bonds is 0. The largest absolute Gasteiger partial charge is 2.00 e. The molecule has 0 radical (unpaired) electrons. The summed E-state index contributed by atoms with van der Waals surface area (Å²) in [6, 6.07) is 0. The monoisotopic (exact) mass is 216 g/mol. The van der Waals surface area contributed by atoms with E-state index in [0.717, 1.165) is 12.8 Å². The van der Waals surface area contributed by atoms with Crippen LogP contribution in [0.5, 0.6) is 0 Å². The molecule has 2 rings (SSSR count). The summed E-state index contributed by atoms with van der Waals surface area (Å²) < 4.78 is 0. The van der Waals surface area contributed by atoms with Crippen molar-refractivity contribution in [1.29, 1.82) is 0 Å². The molecule has 0 spiro atoms. The SMILES string of the molecule is CC1=[C-]CC=C1.CC1=[C-]CC=C1.[Ni+2].